The SMILES string of the molecule is CC(C)(C)c1ccc2c(c1)B1c3cc([Si](C)(C)C)cc4c3N(c3cc(N5c6ccc(C(C)(C)C)cc6C6(C)CCCCC56C)cc(c31)N2c1ccc(C(C)(C)C)cc1-c1ccc2ccccc2c1)C1(C)CCCCC41c1ccccc1. The molecule has 2 saturated carbocycles. The van der Waals surface area contributed by atoms with Crippen LogP contribution in [-0.4, -0.2) is 25.9 Å². The first-order valence-corrected chi connectivity index (χ1v) is 34.5. The number of rotatable bonds is 5. The molecular formula is C76H86BN3Si. The number of fused-ring (bicyclic) bond motifs is 11. The van der Waals surface area contributed by atoms with E-state index in [1.807, 2.05) is 0 Å². The molecule has 0 bridgehead atoms. The van der Waals surface area contributed by atoms with Crippen molar-refractivity contribution in [2.45, 2.75) is 192 Å². The molecule has 4 atom stereocenters. The Morgan fingerprint density at radius 1 is 0.457 bits per heavy atom. The third-order valence-electron chi connectivity index (χ3n) is 21.9. The van der Waals surface area contributed by atoms with Crippen molar-refractivity contribution in [3.05, 3.63) is 185 Å². The minimum Gasteiger partial charge on any atom is -0.335 e. The van der Waals surface area contributed by atoms with E-state index in [1.54, 1.807) is 10.8 Å². The van der Waals surface area contributed by atoms with Crippen molar-refractivity contribution in [3.8, 4) is 11.1 Å². The van der Waals surface area contributed by atoms with E-state index in [-0.39, 0.29) is 44.9 Å². The van der Waals surface area contributed by atoms with Crippen molar-refractivity contribution in [1.82, 2.24) is 0 Å². The lowest BCUT2D eigenvalue weighted by molar-refractivity contribution is 0.194. The Morgan fingerprint density at radius 2 is 1.05 bits per heavy atom. The number of benzene rings is 8. The van der Waals surface area contributed by atoms with Gasteiger partial charge in [0.2, 0.25) is 0 Å². The van der Waals surface area contributed by atoms with Crippen LogP contribution in [-0.2, 0) is 27.1 Å². The molecule has 0 spiro atoms. The van der Waals surface area contributed by atoms with Gasteiger partial charge in [-0.3, -0.25) is 0 Å². The van der Waals surface area contributed by atoms with E-state index in [2.05, 4.69) is 269 Å². The predicted molar refractivity (Wildman–Crippen MR) is 353 cm³/mol. The highest BCUT2D eigenvalue weighted by Crippen LogP contribution is 2.66. The highest BCUT2D eigenvalue weighted by atomic mass is 28.3. The number of anilines is 7. The molecule has 2 aliphatic carbocycles. The van der Waals surface area contributed by atoms with Gasteiger partial charge in [-0.1, -0.05) is 229 Å². The number of hydrogen-bond acceptors (Lipinski definition) is 3. The van der Waals surface area contributed by atoms with E-state index in [0.29, 0.717) is 0 Å². The number of nitrogens with zero attached hydrogens (tertiary/aromatic N) is 3. The molecule has 4 unspecified atom stereocenters. The van der Waals surface area contributed by atoms with Crippen molar-refractivity contribution in [1.29, 1.82) is 0 Å². The fourth-order valence-corrected chi connectivity index (χ4v) is 18.2. The lowest BCUT2D eigenvalue weighted by Crippen LogP contribution is -2.65. The van der Waals surface area contributed by atoms with Gasteiger partial charge < -0.3 is 14.7 Å². The Labute approximate surface area is 487 Å². The standard InChI is InChI=1S/C76H86BN3Si/c1-70(2,3)53-31-34-63(58(42-53)51-30-29-49-25-19-20-26-50(49)41-51)78-65-36-33-55(72(7,8)9)44-61(65)77-62-48-57(81(13,14)15)47-60-69(62)80(75(12)39-23-24-40-76(60,75)52-27-17-16-18-28-52)67-46-56(45-66(78)68(67)77)79-64-35-32-54(71(4,5)6)43-59(64)73(10)37-21-22-38-74(73,79)11/h16-20,25-36,41-48H,21-24,37-40H2,1-15H3. The maximum absolute atomic E-state index is 3.02. The zero-order valence-electron chi connectivity index (χ0n) is 51.5. The molecule has 412 valence electrons. The first-order valence-electron chi connectivity index (χ1n) is 31.0. The molecule has 3 nitrogen and oxygen atoms in total. The highest BCUT2D eigenvalue weighted by Gasteiger charge is 2.65. The van der Waals surface area contributed by atoms with E-state index < -0.39 is 8.07 Å². The third kappa shape index (κ3) is 7.37. The lowest BCUT2D eigenvalue weighted by atomic mass is 9.33. The maximum Gasteiger partial charge on any atom is 0.252 e. The zero-order valence-corrected chi connectivity index (χ0v) is 52.5. The topological polar surface area (TPSA) is 9.72 Å². The second-order valence-electron chi connectivity index (χ2n) is 30.7. The summed E-state index contributed by atoms with van der Waals surface area (Å²) < 4.78 is 0. The van der Waals surface area contributed by atoms with E-state index in [4.69, 9.17) is 0 Å². The van der Waals surface area contributed by atoms with Crippen LogP contribution in [0.5, 0.6) is 0 Å². The van der Waals surface area contributed by atoms with E-state index in [9.17, 15) is 0 Å². The molecule has 4 heterocycles. The second-order valence-corrected chi connectivity index (χ2v) is 35.7. The van der Waals surface area contributed by atoms with Gasteiger partial charge >= 0.3 is 0 Å². The first-order chi connectivity index (χ1) is 38.3. The van der Waals surface area contributed by atoms with E-state index in [0.717, 1.165) is 19.3 Å². The Hall–Kier alpha value is -6.30. The van der Waals surface area contributed by atoms with Gasteiger partial charge in [-0.2, -0.15) is 0 Å². The van der Waals surface area contributed by atoms with Gasteiger partial charge in [0.1, 0.15) is 0 Å². The average molecular weight is 1080 g/mol. The van der Waals surface area contributed by atoms with Gasteiger partial charge in [0.25, 0.3) is 6.71 Å². The Morgan fingerprint density at radius 3 is 1.74 bits per heavy atom. The molecule has 14 rings (SSSR count). The molecule has 4 aliphatic heterocycles. The predicted octanol–water partition coefficient (Wildman–Crippen LogP) is 18.1. The molecule has 5 heteroatoms. The summed E-state index contributed by atoms with van der Waals surface area (Å²) in [6, 6.07) is 61.7. The third-order valence-corrected chi connectivity index (χ3v) is 23.9. The summed E-state index contributed by atoms with van der Waals surface area (Å²) in [5.41, 5.74) is 24.4. The molecule has 0 amide bonds. The molecule has 0 radical (unpaired) electrons. The summed E-state index contributed by atoms with van der Waals surface area (Å²) in [4.78, 5) is 8.69. The first kappa shape index (κ1) is 52.8. The van der Waals surface area contributed by atoms with Crippen LogP contribution in [0.4, 0.5) is 39.8 Å². The smallest absolute Gasteiger partial charge is 0.252 e. The Kier molecular flexibility index (Phi) is 11.3. The summed E-state index contributed by atoms with van der Waals surface area (Å²) in [5, 5.41) is 4.11. The summed E-state index contributed by atoms with van der Waals surface area (Å²) in [6.45, 7) is 37.2. The van der Waals surface area contributed by atoms with Crippen molar-refractivity contribution in [2.75, 3.05) is 14.7 Å². The van der Waals surface area contributed by atoms with Gasteiger partial charge in [0, 0.05) is 50.5 Å². The fourth-order valence-electron chi connectivity index (χ4n) is 17.0. The van der Waals surface area contributed by atoms with Crippen LogP contribution < -0.4 is 36.3 Å². The minimum atomic E-state index is -1.89. The van der Waals surface area contributed by atoms with Gasteiger partial charge in [-0.15, -0.1) is 0 Å². The quantitative estimate of drug-likeness (QED) is 0.159. The average Bonchev–Trinajstić information content (AvgIpc) is 3.71. The molecular weight excluding hydrogens is 994 g/mol. The summed E-state index contributed by atoms with van der Waals surface area (Å²) in [5.74, 6) is 0. The highest BCUT2D eigenvalue weighted by molar-refractivity contribution is 7.01. The molecule has 6 aliphatic rings. The summed E-state index contributed by atoms with van der Waals surface area (Å²) in [6.07, 6.45) is 9.50. The van der Waals surface area contributed by atoms with Crippen LogP contribution in [0, 0.1) is 0 Å². The fraction of sp³-hybridized carbons (Fsp3) is 0.395. The van der Waals surface area contributed by atoms with Crippen LogP contribution >= 0.6 is 0 Å². The van der Waals surface area contributed by atoms with Gasteiger partial charge in [0.05, 0.1) is 24.8 Å². The normalized spacial score (nSPS) is 23.7. The molecule has 2 fully saturated rings. The van der Waals surface area contributed by atoms with Crippen LogP contribution in [0.2, 0.25) is 19.6 Å². The van der Waals surface area contributed by atoms with E-state index >= 15 is 0 Å². The van der Waals surface area contributed by atoms with Crippen molar-refractivity contribution >= 4 is 86.9 Å². The molecule has 0 saturated heterocycles. The van der Waals surface area contributed by atoms with Gasteiger partial charge in [-0.05, 0) is 164 Å². The largest absolute Gasteiger partial charge is 0.335 e. The van der Waals surface area contributed by atoms with Gasteiger partial charge in [0.15, 0.2) is 0 Å². The Bertz CT molecular complexity index is 3920. The molecule has 8 aromatic carbocycles. The molecule has 0 aromatic heterocycles. The van der Waals surface area contributed by atoms with Gasteiger partial charge in [-0.25, -0.2) is 0 Å². The maximum atomic E-state index is 3.02. The Balaban J connectivity index is 1.15. The summed E-state index contributed by atoms with van der Waals surface area (Å²) >= 11 is 0. The molecule has 8 aromatic rings. The molecule has 81 heavy (non-hydrogen) atoms. The lowest BCUT2D eigenvalue weighted by Gasteiger charge is -2.54. The monoisotopic (exact) mass is 1080 g/mol. The van der Waals surface area contributed by atoms with Crippen LogP contribution in [0.15, 0.2) is 152 Å². The van der Waals surface area contributed by atoms with Crippen LogP contribution in [0.3, 0.4) is 0 Å². The second kappa shape index (κ2) is 17.4. The summed E-state index contributed by atoms with van der Waals surface area (Å²) in [7, 11) is -1.89. The van der Waals surface area contributed by atoms with Crippen molar-refractivity contribution in [2.24, 2.45) is 0 Å². The van der Waals surface area contributed by atoms with Crippen molar-refractivity contribution < 1.29 is 0 Å². The van der Waals surface area contributed by atoms with Crippen LogP contribution in [0.25, 0.3) is 21.9 Å². The van der Waals surface area contributed by atoms with Crippen LogP contribution in [0.1, 0.15) is 168 Å². The molecule has 0 N–H and O–H groups in total. The van der Waals surface area contributed by atoms with E-state index in [1.165, 1.54) is 138 Å². The minimum absolute atomic E-state index is 0.0178. The zero-order chi connectivity index (χ0) is 56.8. The van der Waals surface area contributed by atoms with Crippen molar-refractivity contribution in [3.63, 3.8) is 0 Å². The number of hydrogen-bond donors (Lipinski definition) is 0.